The molecule has 0 spiro atoms. The number of hydrogen-bond acceptors (Lipinski definition) is 3. The zero-order chi connectivity index (χ0) is 9.26. The zero-order valence-corrected chi connectivity index (χ0v) is 7.45. The summed E-state index contributed by atoms with van der Waals surface area (Å²) in [5.74, 6) is 0. The highest BCUT2D eigenvalue weighted by molar-refractivity contribution is 5.80. The molecule has 0 atom stereocenters. The molecule has 1 aromatic heterocycles. The van der Waals surface area contributed by atoms with Gasteiger partial charge in [0.1, 0.15) is 0 Å². The lowest BCUT2D eigenvalue weighted by Gasteiger charge is -1.92. The van der Waals surface area contributed by atoms with Crippen molar-refractivity contribution in [1.29, 1.82) is 0 Å². The molecule has 68 valence electrons. The maximum Gasteiger partial charge on any atom is 0.167 e. The number of aryl methyl sites for hydroxylation is 1. The van der Waals surface area contributed by atoms with Crippen LogP contribution < -0.4 is 0 Å². The average Bonchev–Trinajstić information content (AvgIpc) is 2.49. The van der Waals surface area contributed by atoms with Gasteiger partial charge < -0.3 is 9.63 Å². The highest BCUT2D eigenvalue weighted by atomic mass is 16.5. The third-order valence-corrected chi connectivity index (χ3v) is 2.05. The largest absolute Gasteiger partial charge is 0.396 e. The van der Waals surface area contributed by atoms with Gasteiger partial charge in [-0.15, -0.1) is 0 Å². The predicted molar refractivity (Wildman–Crippen MR) is 49.5 cm³/mol. The predicted octanol–water partition coefficient (Wildman–Crippen LogP) is 1.67. The van der Waals surface area contributed by atoms with Crippen LogP contribution in [0.1, 0.15) is 11.3 Å². The Morgan fingerprint density at radius 1 is 1.46 bits per heavy atom. The third-order valence-electron chi connectivity index (χ3n) is 2.05. The Bertz CT molecular complexity index is 420. The fraction of sp³-hybridized carbons (Fsp3) is 0.300. The lowest BCUT2D eigenvalue weighted by atomic mass is 10.1. The summed E-state index contributed by atoms with van der Waals surface area (Å²) in [7, 11) is 0. The van der Waals surface area contributed by atoms with Crippen LogP contribution in [0.15, 0.2) is 22.7 Å². The van der Waals surface area contributed by atoms with E-state index < -0.39 is 0 Å². The van der Waals surface area contributed by atoms with E-state index in [0.717, 1.165) is 16.7 Å². The fourth-order valence-corrected chi connectivity index (χ4v) is 1.39. The van der Waals surface area contributed by atoms with E-state index in [1.165, 1.54) is 5.56 Å². The number of rotatable bonds is 2. The summed E-state index contributed by atoms with van der Waals surface area (Å²) in [6.45, 7) is 2.13. The molecule has 0 saturated carbocycles. The van der Waals surface area contributed by atoms with Crippen molar-refractivity contribution in [2.45, 2.75) is 13.3 Å². The number of benzene rings is 1. The molecule has 0 unspecified atom stereocenters. The van der Waals surface area contributed by atoms with Crippen molar-refractivity contribution in [2.24, 2.45) is 0 Å². The van der Waals surface area contributed by atoms with Gasteiger partial charge in [0.15, 0.2) is 5.58 Å². The van der Waals surface area contributed by atoms with Gasteiger partial charge in [-0.25, -0.2) is 0 Å². The Morgan fingerprint density at radius 2 is 2.31 bits per heavy atom. The van der Waals surface area contributed by atoms with Crippen molar-refractivity contribution in [2.75, 3.05) is 6.61 Å². The number of hydrogen-bond donors (Lipinski definition) is 1. The SMILES string of the molecule is Cc1ccc2onc(CCO)c2c1. The van der Waals surface area contributed by atoms with E-state index in [4.69, 9.17) is 9.63 Å². The molecule has 0 bridgehead atoms. The summed E-state index contributed by atoms with van der Waals surface area (Å²) < 4.78 is 5.10. The third kappa shape index (κ3) is 1.42. The van der Waals surface area contributed by atoms with E-state index in [2.05, 4.69) is 5.16 Å². The minimum atomic E-state index is 0.107. The first-order valence-corrected chi connectivity index (χ1v) is 4.27. The summed E-state index contributed by atoms with van der Waals surface area (Å²) in [5.41, 5.74) is 2.80. The first kappa shape index (κ1) is 8.26. The van der Waals surface area contributed by atoms with E-state index >= 15 is 0 Å². The molecule has 13 heavy (non-hydrogen) atoms. The van der Waals surface area contributed by atoms with E-state index in [1.54, 1.807) is 0 Å². The van der Waals surface area contributed by atoms with Gasteiger partial charge in [-0.2, -0.15) is 0 Å². The van der Waals surface area contributed by atoms with Crippen LogP contribution in [0.2, 0.25) is 0 Å². The second-order valence-corrected chi connectivity index (χ2v) is 3.10. The van der Waals surface area contributed by atoms with Gasteiger partial charge in [-0.1, -0.05) is 16.8 Å². The molecule has 1 N–H and O–H groups in total. The van der Waals surface area contributed by atoms with Crippen molar-refractivity contribution in [3.8, 4) is 0 Å². The molecule has 2 rings (SSSR count). The maximum atomic E-state index is 8.79. The molecule has 0 aliphatic rings. The second kappa shape index (κ2) is 3.18. The summed E-state index contributed by atoms with van der Waals surface area (Å²) >= 11 is 0. The highest BCUT2D eigenvalue weighted by Gasteiger charge is 2.06. The van der Waals surface area contributed by atoms with Crippen molar-refractivity contribution in [1.82, 2.24) is 5.16 Å². The van der Waals surface area contributed by atoms with E-state index in [1.807, 2.05) is 25.1 Å². The van der Waals surface area contributed by atoms with Gasteiger partial charge in [-0.3, -0.25) is 0 Å². The molecule has 1 aromatic carbocycles. The molecule has 0 aliphatic carbocycles. The first-order chi connectivity index (χ1) is 6.31. The molecule has 1 heterocycles. The summed E-state index contributed by atoms with van der Waals surface area (Å²) in [6.07, 6.45) is 0.552. The van der Waals surface area contributed by atoms with Crippen LogP contribution >= 0.6 is 0 Å². The molecule has 3 nitrogen and oxygen atoms in total. The minimum absolute atomic E-state index is 0.107. The number of nitrogens with zero attached hydrogens (tertiary/aromatic N) is 1. The highest BCUT2D eigenvalue weighted by Crippen LogP contribution is 2.19. The average molecular weight is 177 g/mol. The Morgan fingerprint density at radius 3 is 3.08 bits per heavy atom. The van der Waals surface area contributed by atoms with Crippen molar-refractivity contribution in [3.63, 3.8) is 0 Å². The van der Waals surface area contributed by atoms with Gasteiger partial charge in [0.2, 0.25) is 0 Å². The Kier molecular flexibility index (Phi) is 2.02. The molecule has 0 radical (unpaired) electrons. The molecule has 3 heteroatoms. The monoisotopic (exact) mass is 177 g/mol. The lowest BCUT2D eigenvalue weighted by Crippen LogP contribution is -1.90. The van der Waals surface area contributed by atoms with Crippen molar-refractivity contribution in [3.05, 3.63) is 29.5 Å². The summed E-state index contributed by atoms with van der Waals surface area (Å²) in [5, 5.41) is 13.7. The molecule has 0 amide bonds. The number of aromatic nitrogens is 1. The molecule has 0 saturated heterocycles. The van der Waals surface area contributed by atoms with Gasteiger partial charge >= 0.3 is 0 Å². The van der Waals surface area contributed by atoms with Crippen molar-refractivity contribution >= 4 is 11.0 Å². The molecular formula is C10H11NO2. The standard InChI is InChI=1S/C10H11NO2/c1-7-2-3-10-8(6-7)9(4-5-12)11-13-10/h2-3,6,12H,4-5H2,1H3. The van der Waals surface area contributed by atoms with E-state index in [0.29, 0.717) is 6.42 Å². The van der Waals surface area contributed by atoms with Crippen LogP contribution in [-0.2, 0) is 6.42 Å². The second-order valence-electron chi connectivity index (χ2n) is 3.10. The Labute approximate surface area is 76.0 Å². The van der Waals surface area contributed by atoms with Crippen LogP contribution in [0.5, 0.6) is 0 Å². The van der Waals surface area contributed by atoms with E-state index in [-0.39, 0.29) is 6.61 Å². The van der Waals surface area contributed by atoms with Crippen molar-refractivity contribution < 1.29 is 9.63 Å². The van der Waals surface area contributed by atoms with Crippen LogP contribution in [-0.4, -0.2) is 16.9 Å². The van der Waals surface area contributed by atoms with Crippen LogP contribution in [0.3, 0.4) is 0 Å². The number of fused-ring (bicyclic) bond motifs is 1. The van der Waals surface area contributed by atoms with E-state index in [9.17, 15) is 0 Å². The summed E-state index contributed by atoms with van der Waals surface area (Å²) in [4.78, 5) is 0. The lowest BCUT2D eigenvalue weighted by molar-refractivity contribution is 0.295. The topological polar surface area (TPSA) is 46.3 Å². The van der Waals surface area contributed by atoms with Gasteiger partial charge in [0, 0.05) is 18.4 Å². The van der Waals surface area contributed by atoms with Gasteiger partial charge in [0.05, 0.1) is 5.69 Å². The van der Waals surface area contributed by atoms with Crippen LogP contribution in [0, 0.1) is 6.92 Å². The number of aliphatic hydroxyl groups is 1. The Balaban J connectivity index is 2.58. The zero-order valence-electron chi connectivity index (χ0n) is 7.45. The first-order valence-electron chi connectivity index (χ1n) is 4.27. The smallest absolute Gasteiger partial charge is 0.167 e. The minimum Gasteiger partial charge on any atom is -0.396 e. The molecule has 2 aromatic rings. The van der Waals surface area contributed by atoms with Gasteiger partial charge in [0.25, 0.3) is 0 Å². The van der Waals surface area contributed by atoms with Crippen LogP contribution in [0.25, 0.3) is 11.0 Å². The van der Waals surface area contributed by atoms with Gasteiger partial charge in [-0.05, 0) is 19.1 Å². The molecular weight excluding hydrogens is 166 g/mol. The number of aliphatic hydroxyl groups excluding tert-OH is 1. The quantitative estimate of drug-likeness (QED) is 0.759. The fourth-order valence-electron chi connectivity index (χ4n) is 1.39. The Hall–Kier alpha value is -1.35. The van der Waals surface area contributed by atoms with Crippen LogP contribution in [0.4, 0.5) is 0 Å². The maximum absolute atomic E-state index is 8.79. The molecule has 0 fully saturated rings. The molecule has 0 aliphatic heterocycles. The normalized spacial score (nSPS) is 10.9. The summed E-state index contributed by atoms with van der Waals surface area (Å²) in [6, 6.07) is 5.91.